The van der Waals surface area contributed by atoms with E-state index in [1.807, 2.05) is 19.1 Å². The van der Waals surface area contributed by atoms with Crippen LogP contribution in [0.3, 0.4) is 0 Å². The summed E-state index contributed by atoms with van der Waals surface area (Å²) >= 11 is 3.58. The fourth-order valence-corrected chi connectivity index (χ4v) is 3.21. The monoisotopic (exact) mass is 284 g/mol. The zero-order valence-corrected chi connectivity index (χ0v) is 11.3. The van der Waals surface area contributed by atoms with E-state index in [2.05, 4.69) is 22.9 Å². The van der Waals surface area contributed by atoms with Crippen LogP contribution in [0.25, 0.3) is 0 Å². The van der Waals surface area contributed by atoms with Crippen molar-refractivity contribution in [2.24, 2.45) is 0 Å². The number of aliphatic hydroxyl groups is 1. The maximum Gasteiger partial charge on any atom is 0.120 e. The molecule has 0 amide bonds. The predicted octanol–water partition coefficient (Wildman–Crippen LogP) is 3.78. The Hall–Kier alpha value is -0.540. The number of benzene rings is 1. The van der Waals surface area contributed by atoms with E-state index in [4.69, 9.17) is 4.74 Å². The summed E-state index contributed by atoms with van der Waals surface area (Å²) in [5.74, 6) is 1.34. The molecule has 0 radical (unpaired) electrons. The summed E-state index contributed by atoms with van der Waals surface area (Å²) in [5, 5.41) is 10.0. The van der Waals surface area contributed by atoms with Crippen LogP contribution in [0.4, 0.5) is 0 Å². The van der Waals surface area contributed by atoms with E-state index in [9.17, 15) is 5.11 Å². The summed E-state index contributed by atoms with van der Waals surface area (Å²) in [6.07, 6.45) is 1.54. The molecule has 1 aromatic rings. The van der Waals surface area contributed by atoms with E-state index in [-0.39, 0.29) is 6.10 Å². The molecule has 1 unspecified atom stereocenters. The van der Waals surface area contributed by atoms with E-state index in [0.29, 0.717) is 12.5 Å². The Morgan fingerprint density at radius 3 is 2.88 bits per heavy atom. The number of aliphatic hydroxyl groups excluding tert-OH is 1. The second-order valence-electron chi connectivity index (χ2n) is 4.34. The lowest BCUT2D eigenvalue weighted by Crippen LogP contribution is -2.13. The molecule has 3 heteroatoms. The molecular weight excluding hydrogens is 268 g/mol. The molecule has 16 heavy (non-hydrogen) atoms. The van der Waals surface area contributed by atoms with Crippen LogP contribution >= 0.6 is 15.9 Å². The minimum absolute atomic E-state index is 0.345. The van der Waals surface area contributed by atoms with Gasteiger partial charge in [-0.2, -0.15) is 0 Å². The highest BCUT2D eigenvalue weighted by molar-refractivity contribution is 9.10. The van der Waals surface area contributed by atoms with Crippen molar-refractivity contribution in [3.63, 3.8) is 0 Å². The van der Waals surface area contributed by atoms with Crippen LogP contribution in [0, 0.1) is 0 Å². The summed E-state index contributed by atoms with van der Waals surface area (Å²) < 4.78 is 6.55. The van der Waals surface area contributed by atoms with Crippen LogP contribution in [0.15, 0.2) is 16.6 Å². The first kappa shape index (κ1) is 11.9. The minimum atomic E-state index is -0.345. The number of halogens is 1. The second kappa shape index (κ2) is 4.76. The van der Waals surface area contributed by atoms with Crippen LogP contribution in [-0.2, 0) is 0 Å². The van der Waals surface area contributed by atoms with Gasteiger partial charge in [0.2, 0.25) is 0 Å². The molecule has 88 valence electrons. The normalized spacial score (nSPS) is 24.0. The molecule has 0 saturated heterocycles. The van der Waals surface area contributed by atoms with E-state index in [0.717, 1.165) is 28.6 Å². The topological polar surface area (TPSA) is 29.5 Å². The molecule has 1 aliphatic rings. The van der Waals surface area contributed by atoms with Crippen molar-refractivity contribution in [2.45, 2.75) is 38.7 Å². The zero-order chi connectivity index (χ0) is 11.7. The summed E-state index contributed by atoms with van der Waals surface area (Å²) in [4.78, 5) is 0. The Bertz CT molecular complexity index is 390. The predicted molar refractivity (Wildman–Crippen MR) is 67.9 cm³/mol. The molecule has 0 spiro atoms. The van der Waals surface area contributed by atoms with E-state index < -0.39 is 0 Å². The van der Waals surface area contributed by atoms with Crippen LogP contribution in [0.2, 0.25) is 0 Å². The van der Waals surface area contributed by atoms with Gasteiger partial charge in [-0.1, -0.05) is 22.9 Å². The third-order valence-corrected chi connectivity index (χ3v) is 3.83. The molecule has 2 rings (SSSR count). The van der Waals surface area contributed by atoms with Crippen molar-refractivity contribution in [3.05, 3.63) is 27.7 Å². The smallest absolute Gasteiger partial charge is 0.120 e. The summed E-state index contributed by atoms with van der Waals surface area (Å²) in [6.45, 7) is 4.82. The fourth-order valence-electron chi connectivity index (χ4n) is 2.37. The molecule has 0 heterocycles. The summed E-state index contributed by atoms with van der Waals surface area (Å²) in [7, 11) is 0. The molecule has 0 bridgehead atoms. The minimum Gasteiger partial charge on any atom is -0.494 e. The molecule has 2 atom stereocenters. The molecule has 0 saturated carbocycles. The maximum atomic E-state index is 10.0. The number of ether oxygens (including phenoxy) is 1. The largest absolute Gasteiger partial charge is 0.494 e. The summed E-state index contributed by atoms with van der Waals surface area (Å²) in [6, 6.07) is 3.97. The van der Waals surface area contributed by atoms with Crippen LogP contribution in [0.1, 0.15) is 49.8 Å². The zero-order valence-electron chi connectivity index (χ0n) is 9.66. The Balaban J connectivity index is 2.48. The number of fused-ring (bicyclic) bond motifs is 1. The highest BCUT2D eigenvalue weighted by Gasteiger charge is 2.26. The van der Waals surface area contributed by atoms with Crippen molar-refractivity contribution >= 4 is 15.9 Å². The Kier molecular flexibility index (Phi) is 3.55. The van der Waals surface area contributed by atoms with Gasteiger partial charge in [-0.25, -0.2) is 0 Å². The average Bonchev–Trinajstić information content (AvgIpc) is 2.23. The second-order valence-corrected chi connectivity index (χ2v) is 5.19. The molecule has 0 fully saturated rings. The van der Waals surface area contributed by atoms with Crippen molar-refractivity contribution in [2.75, 3.05) is 6.61 Å². The number of hydrogen-bond donors (Lipinski definition) is 1. The van der Waals surface area contributed by atoms with Crippen molar-refractivity contribution in [1.29, 1.82) is 0 Å². The Morgan fingerprint density at radius 1 is 1.44 bits per heavy atom. The van der Waals surface area contributed by atoms with Gasteiger partial charge in [0.05, 0.1) is 12.7 Å². The third kappa shape index (κ3) is 2.11. The lowest BCUT2D eigenvalue weighted by molar-refractivity contribution is 0.151. The van der Waals surface area contributed by atoms with E-state index in [1.54, 1.807) is 0 Å². The van der Waals surface area contributed by atoms with Crippen molar-refractivity contribution in [1.82, 2.24) is 0 Å². The highest BCUT2D eigenvalue weighted by atomic mass is 79.9. The fraction of sp³-hybridized carbons (Fsp3) is 0.538. The molecule has 0 aromatic heterocycles. The van der Waals surface area contributed by atoms with Crippen LogP contribution in [-0.4, -0.2) is 11.7 Å². The van der Waals surface area contributed by atoms with Gasteiger partial charge >= 0.3 is 0 Å². The molecule has 2 nitrogen and oxygen atoms in total. The SMILES string of the molecule is CCOc1cc(Br)c2c(c1)[C@@H](O)CCC2C. The summed E-state index contributed by atoms with van der Waals surface area (Å²) in [5.41, 5.74) is 2.26. The lowest BCUT2D eigenvalue weighted by Gasteiger charge is -2.28. The van der Waals surface area contributed by atoms with Gasteiger partial charge in [0.15, 0.2) is 0 Å². The first-order chi connectivity index (χ1) is 7.63. The molecule has 1 aliphatic carbocycles. The maximum absolute atomic E-state index is 10.0. The van der Waals surface area contributed by atoms with Gasteiger partial charge in [0, 0.05) is 4.47 Å². The van der Waals surface area contributed by atoms with Crippen LogP contribution < -0.4 is 4.74 Å². The Labute approximate surface area is 105 Å². The van der Waals surface area contributed by atoms with Crippen molar-refractivity contribution in [3.8, 4) is 5.75 Å². The van der Waals surface area contributed by atoms with Gasteiger partial charge in [-0.05, 0) is 48.9 Å². The number of rotatable bonds is 2. The highest BCUT2D eigenvalue weighted by Crippen LogP contribution is 2.43. The van der Waals surface area contributed by atoms with Crippen molar-refractivity contribution < 1.29 is 9.84 Å². The van der Waals surface area contributed by atoms with E-state index >= 15 is 0 Å². The average molecular weight is 285 g/mol. The van der Waals surface area contributed by atoms with E-state index in [1.165, 1.54) is 5.56 Å². The van der Waals surface area contributed by atoms with Gasteiger partial charge < -0.3 is 9.84 Å². The Morgan fingerprint density at radius 2 is 2.19 bits per heavy atom. The molecule has 1 aromatic carbocycles. The van der Waals surface area contributed by atoms with Crippen LogP contribution in [0.5, 0.6) is 5.75 Å². The molecule has 1 N–H and O–H groups in total. The quantitative estimate of drug-likeness (QED) is 0.896. The third-order valence-electron chi connectivity index (χ3n) is 3.17. The van der Waals surface area contributed by atoms with Gasteiger partial charge in [0.1, 0.15) is 5.75 Å². The standard InChI is InChI=1S/C13H17BrO2/c1-3-16-9-6-10-12(15)5-4-8(2)13(10)11(14)7-9/h6-8,12,15H,3-5H2,1-2H3/t8?,12-/m0/s1. The van der Waals surface area contributed by atoms with Gasteiger partial charge in [0.25, 0.3) is 0 Å². The first-order valence-electron chi connectivity index (χ1n) is 5.77. The molecule has 0 aliphatic heterocycles. The van der Waals surface area contributed by atoms with Gasteiger partial charge in [-0.3, -0.25) is 0 Å². The number of hydrogen-bond acceptors (Lipinski definition) is 2. The van der Waals surface area contributed by atoms with Gasteiger partial charge in [-0.15, -0.1) is 0 Å². The lowest BCUT2D eigenvalue weighted by atomic mass is 9.82. The molecular formula is C13H17BrO2. The first-order valence-corrected chi connectivity index (χ1v) is 6.57.